The van der Waals surface area contributed by atoms with Gasteiger partial charge in [-0.05, 0) is 23.2 Å². The van der Waals surface area contributed by atoms with Crippen molar-refractivity contribution in [1.82, 2.24) is 0 Å². The van der Waals surface area contributed by atoms with E-state index >= 15 is 0 Å². The molecule has 0 amide bonds. The monoisotopic (exact) mass is 240 g/mol. The van der Waals surface area contributed by atoms with Crippen molar-refractivity contribution in [3.63, 3.8) is 0 Å². The molecule has 0 bridgehead atoms. The maximum atomic E-state index is 12.4. The Morgan fingerprint density at radius 1 is 1.00 bits per heavy atom. The molecule has 0 aromatic heterocycles. The van der Waals surface area contributed by atoms with Crippen LogP contribution in [0.15, 0.2) is 0 Å². The molecule has 2 unspecified atom stereocenters. The summed E-state index contributed by atoms with van der Waals surface area (Å²) in [7, 11) is 0. The van der Waals surface area contributed by atoms with Crippen molar-refractivity contribution in [1.29, 1.82) is 0 Å². The number of hydrogen-bond donors (Lipinski definition) is 0. The lowest BCUT2D eigenvalue weighted by Crippen LogP contribution is -2.45. The first-order valence-corrected chi connectivity index (χ1v) is 3.51. The normalized spacial score (nSPS) is 16.5. The molecule has 0 aliphatic heterocycles. The third-order valence-electron chi connectivity index (χ3n) is 1.07. The molecule has 0 fully saturated rings. The van der Waals surface area contributed by atoms with Crippen LogP contribution in [0.5, 0.6) is 0 Å². The highest BCUT2D eigenvalue weighted by Crippen LogP contribution is 2.30. The Labute approximate surface area is 79.8 Å². The standard InChI is InChI=1S/C5H2Cl2F4O2/c6-3(12)1(8)5(10,11)2(9)4(7)13/h1-2H. The van der Waals surface area contributed by atoms with Gasteiger partial charge in [-0.2, -0.15) is 8.78 Å². The van der Waals surface area contributed by atoms with Crippen LogP contribution >= 0.6 is 23.2 Å². The third-order valence-corrected chi connectivity index (χ3v) is 1.46. The van der Waals surface area contributed by atoms with Gasteiger partial charge in [0.2, 0.25) is 12.3 Å². The average molecular weight is 241 g/mol. The average Bonchev–Trinajstić information content (AvgIpc) is 2.01. The zero-order valence-electron chi connectivity index (χ0n) is 5.74. The smallest absolute Gasteiger partial charge is 0.278 e. The molecule has 0 aliphatic rings. The van der Waals surface area contributed by atoms with Crippen LogP contribution < -0.4 is 0 Å². The van der Waals surface area contributed by atoms with Gasteiger partial charge in [0.05, 0.1) is 0 Å². The summed E-state index contributed by atoms with van der Waals surface area (Å²) in [5.41, 5.74) is 0. The molecule has 0 aromatic rings. The van der Waals surface area contributed by atoms with Crippen molar-refractivity contribution >= 4 is 33.7 Å². The highest BCUT2D eigenvalue weighted by atomic mass is 35.5. The summed E-state index contributed by atoms with van der Waals surface area (Å²) in [5, 5.41) is -4.18. The van der Waals surface area contributed by atoms with E-state index in [1.807, 2.05) is 0 Å². The topological polar surface area (TPSA) is 34.1 Å². The number of carbonyl (C=O) groups is 2. The minimum atomic E-state index is -4.84. The van der Waals surface area contributed by atoms with Gasteiger partial charge in [-0.15, -0.1) is 0 Å². The number of carbonyl (C=O) groups excluding carboxylic acids is 2. The van der Waals surface area contributed by atoms with Crippen molar-refractivity contribution in [2.45, 2.75) is 18.3 Å². The molecule has 2 nitrogen and oxygen atoms in total. The molecule has 8 heteroatoms. The van der Waals surface area contributed by atoms with E-state index in [0.717, 1.165) is 0 Å². The Morgan fingerprint density at radius 3 is 1.38 bits per heavy atom. The van der Waals surface area contributed by atoms with Crippen molar-refractivity contribution in [3.8, 4) is 0 Å². The van der Waals surface area contributed by atoms with Crippen LogP contribution in [-0.4, -0.2) is 28.8 Å². The lowest BCUT2D eigenvalue weighted by Gasteiger charge is -2.18. The zero-order valence-corrected chi connectivity index (χ0v) is 7.25. The largest absolute Gasteiger partial charge is 0.325 e. The summed E-state index contributed by atoms with van der Waals surface area (Å²) in [4.78, 5) is 19.8. The maximum absolute atomic E-state index is 12.4. The van der Waals surface area contributed by atoms with Crippen LogP contribution in [0.25, 0.3) is 0 Å². The van der Waals surface area contributed by atoms with Crippen molar-refractivity contribution in [3.05, 3.63) is 0 Å². The first-order valence-electron chi connectivity index (χ1n) is 2.76. The number of hydrogen-bond acceptors (Lipinski definition) is 2. The summed E-state index contributed by atoms with van der Waals surface area (Å²) in [6, 6.07) is 0. The lowest BCUT2D eigenvalue weighted by molar-refractivity contribution is -0.154. The Hall–Kier alpha value is -0.360. The molecule has 0 saturated heterocycles. The van der Waals surface area contributed by atoms with Gasteiger partial charge in [-0.1, -0.05) is 0 Å². The summed E-state index contributed by atoms with van der Waals surface area (Å²) in [6.07, 6.45) is -7.18. The molecular weight excluding hydrogens is 239 g/mol. The zero-order chi connectivity index (χ0) is 10.8. The Balaban J connectivity index is 4.74. The molecule has 13 heavy (non-hydrogen) atoms. The molecule has 0 saturated carbocycles. The highest BCUT2D eigenvalue weighted by molar-refractivity contribution is 6.65. The molecular formula is C5H2Cl2F4O2. The first kappa shape index (κ1) is 12.6. The van der Waals surface area contributed by atoms with Gasteiger partial charge in [-0.3, -0.25) is 9.59 Å². The van der Waals surface area contributed by atoms with Crippen LogP contribution in [0.4, 0.5) is 17.6 Å². The van der Waals surface area contributed by atoms with E-state index in [2.05, 4.69) is 23.2 Å². The fourth-order valence-electron chi connectivity index (χ4n) is 0.431. The maximum Gasteiger partial charge on any atom is 0.325 e. The second kappa shape index (κ2) is 4.23. The molecule has 2 atom stereocenters. The fourth-order valence-corrected chi connectivity index (χ4v) is 0.722. The van der Waals surface area contributed by atoms with E-state index in [9.17, 15) is 27.2 Å². The minimum absolute atomic E-state index is 2.09. The van der Waals surface area contributed by atoms with Gasteiger partial charge < -0.3 is 0 Å². The van der Waals surface area contributed by atoms with Gasteiger partial charge in [0.25, 0.3) is 10.5 Å². The summed E-state index contributed by atoms with van der Waals surface area (Å²) >= 11 is 8.69. The second-order valence-electron chi connectivity index (χ2n) is 2.01. The molecule has 0 spiro atoms. The highest BCUT2D eigenvalue weighted by Gasteiger charge is 2.54. The number of rotatable bonds is 4. The summed E-state index contributed by atoms with van der Waals surface area (Å²) in [5.74, 6) is -4.84. The SMILES string of the molecule is O=C(Cl)C(F)C(F)(F)C(F)C(=O)Cl. The molecule has 0 aliphatic carbocycles. The summed E-state index contributed by atoms with van der Waals surface area (Å²) < 4.78 is 49.2. The lowest BCUT2D eigenvalue weighted by atomic mass is 10.1. The van der Waals surface area contributed by atoms with E-state index in [0.29, 0.717) is 0 Å². The molecule has 0 heterocycles. The van der Waals surface area contributed by atoms with Crippen LogP contribution in [0, 0.1) is 0 Å². The van der Waals surface area contributed by atoms with Crippen molar-refractivity contribution < 1.29 is 27.2 Å². The third kappa shape index (κ3) is 2.80. The molecule has 76 valence electrons. The van der Waals surface area contributed by atoms with Gasteiger partial charge in [0.1, 0.15) is 0 Å². The van der Waals surface area contributed by atoms with Gasteiger partial charge >= 0.3 is 5.92 Å². The molecule has 0 N–H and O–H groups in total. The van der Waals surface area contributed by atoms with Crippen molar-refractivity contribution in [2.24, 2.45) is 0 Å². The van der Waals surface area contributed by atoms with Crippen LogP contribution in [0.2, 0.25) is 0 Å². The van der Waals surface area contributed by atoms with Gasteiger partial charge in [-0.25, -0.2) is 8.78 Å². The first-order chi connectivity index (χ1) is 5.71. The number of halogens is 6. The molecule has 0 radical (unpaired) electrons. The Morgan fingerprint density at radius 2 is 1.23 bits per heavy atom. The molecule has 0 rings (SSSR count). The van der Waals surface area contributed by atoms with E-state index in [1.54, 1.807) is 0 Å². The van der Waals surface area contributed by atoms with Crippen LogP contribution in [0.3, 0.4) is 0 Å². The minimum Gasteiger partial charge on any atom is -0.278 e. The van der Waals surface area contributed by atoms with E-state index < -0.39 is 28.8 Å². The second-order valence-corrected chi connectivity index (χ2v) is 2.75. The predicted molar refractivity (Wildman–Crippen MR) is 36.5 cm³/mol. The predicted octanol–water partition coefficient (Wildman–Crippen LogP) is 1.83. The van der Waals surface area contributed by atoms with E-state index in [1.165, 1.54) is 0 Å². The van der Waals surface area contributed by atoms with E-state index in [-0.39, 0.29) is 0 Å². The van der Waals surface area contributed by atoms with Crippen molar-refractivity contribution in [2.75, 3.05) is 0 Å². The van der Waals surface area contributed by atoms with Gasteiger partial charge in [0, 0.05) is 0 Å². The summed E-state index contributed by atoms with van der Waals surface area (Å²) in [6.45, 7) is 0. The van der Waals surface area contributed by atoms with Crippen LogP contribution in [0.1, 0.15) is 0 Å². The molecule has 0 aromatic carbocycles. The number of alkyl halides is 4. The van der Waals surface area contributed by atoms with E-state index in [4.69, 9.17) is 0 Å². The van der Waals surface area contributed by atoms with Gasteiger partial charge in [0.15, 0.2) is 0 Å². The quantitative estimate of drug-likeness (QED) is 0.555. The Kier molecular flexibility index (Phi) is 4.12. The fraction of sp³-hybridized carbons (Fsp3) is 0.600. The Bertz CT molecular complexity index is 211. The van der Waals surface area contributed by atoms with Crippen LogP contribution in [-0.2, 0) is 9.59 Å².